The van der Waals surface area contributed by atoms with Gasteiger partial charge < -0.3 is 10.1 Å². The highest BCUT2D eigenvalue weighted by atomic mass is 16.5. The highest BCUT2D eigenvalue weighted by Gasteiger charge is 2.01. The van der Waals surface area contributed by atoms with E-state index < -0.39 is 0 Å². The molecular weight excluding hydrogens is 260 g/mol. The van der Waals surface area contributed by atoms with Crippen LogP contribution in [0.25, 0.3) is 10.9 Å². The fourth-order valence-electron chi connectivity index (χ4n) is 2.26. The minimum atomic E-state index is 0.640. The van der Waals surface area contributed by atoms with E-state index in [2.05, 4.69) is 34.6 Å². The van der Waals surface area contributed by atoms with E-state index in [0.29, 0.717) is 6.61 Å². The summed E-state index contributed by atoms with van der Waals surface area (Å²) < 4.78 is 5.85. The van der Waals surface area contributed by atoms with E-state index in [1.807, 2.05) is 36.4 Å². The predicted molar refractivity (Wildman–Crippen MR) is 85.4 cm³/mol. The zero-order valence-corrected chi connectivity index (χ0v) is 11.8. The molecule has 0 aliphatic heterocycles. The van der Waals surface area contributed by atoms with Crippen molar-refractivity contribution in [2.75, 3.05) is 13.2 Å². The van der Waals surface area contributed by atoms with Crippen molar-refractivity contribution in [3.63, 3.8) is 0 Å². The molecule has 0 saturated carbocycles. The summed E-state index contributed by atoms with van der Waals surface area (Å²) in [5, 5.41) is 4.44. The lowest BCUT2D eigenvalue weighted by Crippen LogP contribution is -2.20. The van der Waals surface area contributed by atoms with E-state index in [1.165, 1.54) is 5.56 Å². The molecule has 106 valence electrons. The summed E-state index contributed by atoms with van der Waals surface area (Å²) in [5.74, 6) is 0.891. The Balaban J connectivity index is 1.51. The summed E-state index contributed by atoms with van der Waals surface area (Å²) in [4.78, 5) is 4.33. The van der Waals surface area contributed by atoms with Gasteiger partial charge in [0.1, 0.15) is 12.4 Å². The Hall–Kier alpha value is -2.39. The molecule has 3 nitrogen and oxygen atoms in total. The lowest BCUT2D eigenvalue weighted by atomic mass is 10.2. The molecule has 0 atom stereocenters. The predicted octanol–water partition coefficient (Wildman–Crippen LogP) is 3.40. The van der Waals surface area contributed by atoms with Gasteiger partial charge in [0.15, 0.2) is 0 Å². The second-order valence-corrected chi connectivity index (χ2v) is 4.84. The molecule has 1 aromatic heterocycles. The summed E-state index contributed by atoms with van der Waals surface area (Å²) >= 11 is 0. The smallest absolute Gasteiger partial charge is 0.128 e. The van der Waals surface area contributed by atoms with Crippen LogP contribution >= 0.6 is 0 Å². The number of nitrogens with one attached hydrogen (secondary N) is 1. The number of aromatic nitrogens is 1. The van der Waals surface area contributed by atoms with Crippen LogP contribution in [0.5, 0.6) is 5.75 Å². The maximum atomic E-state index is 5.85. The lowest BCUT2D eigenvalue weighted by Gasteiger charge is -2.09. The van der Waals surface area contributed by atoms with E-state index in [1.54, 1.807) is 6.20 Å². The number of nitrogens with zero attached hydrogens (tertiary/aromatic N) is 1. The van der Waals surface area contributed by atoms with Gasteiger partial charge in [-0.15, -0.1) is 0 Å². The third-order valence-electron chi connectivity index (χ3n) is 3.31. The number of hydrogen-bond donors (Lipinski definition) is 1. The molecule has 0 spiro atoms. The van der Waals surface area contributed by atoms with E-state index >= 15 is 0 Å². The number of fused-ring (bicyclic) bond motifs is 1. The topological polar surface area (TPSA) is 34.1 Å². The van der Waals surface area contributed by atoms with Gasteiger partial charge in [0, 0.05) is 24.7 Å². The van der Waals surface area contributed by atoms with Crippen LogP contribution in [0.15, 0.2) is 66.9 Å². The van der Waals surface area contributed by atoms with Gasteiger partial charge in [-0.25, -0.2) is 0 Å². The minimum Gasteiger partial charge on any atom is -0.492 e. The van der Waals surface area contributed by atoms with Crippen molar-refractivity contribution in [3.8, 4) is 5.75 Å². The van der Waals surface area contributed by atoms with Crippen molar-refractivity contribution in [2.24, 2.45) is 0 Å². The Labute approximate surface area is 124 Å². The molecule has 3 aromatic rings. The van der Waals surface area contributed by atoms with Gasteiger partial charge in [-0.05, 0) is 29.8 Å². The lowest BCUT2D eigenvalue weighted by molar-refractivity contribution is 0.317. The first-order valence-corrected chi connectivity index (χ1v) is 7.15. The van der Waals surface area contributed by atoms with Crippen molar-refractivity contribution < 1.29 is 4.74 Å². The van der Waals surface area contributed by atoms with Gasteiger partial charge in [0.2, 0.25) is 0 Å². The van der Waals surface area contributed by atoms with E-state index in [0.717, 1.165) is 29.7 Å². The summed E-state index contributed by atoms with van der Waals surface area (Å²) in [6.07, 6.45) is 1.80. The van der Waals surface area contributed by atoms with Crippen LogP contribution in [0.4, 0.5) is 0 Å². The van der Waals surface area contributed by atoms with Crippen LogP contribution in [-0.4, -0.2) is 18.1 Å². The second kappa shape index (κ2) is 6.86. The molecule has 0 aliphatic rings. The fourth-order valence-corrected chi connectivity index (χ4v) is 2.26. The van der Waals surface area contributed by atoms with Crippen LogP contribution in [0.3, 0.4) is 0 Å². The Kier molecular flexibility index (Phi) is 4.44. The first-order valence-electron chi connectivity index (χ1n) is 7.15. The second-order valence-electron chi connectivity index (χ2n) is 4.84. The average Bonchev–Trinajstić information content (AvgIpc) is 2.56. The molecule has 21 heavy (non-hydrogen) atoms. The van der Waals surface area contributed by atoms with Crippen LogP contribution in [-0.2, 0) is 6.54 Å². The Morgan fingerprint density at radius 1 is 0.905 bits per heavy atom. The van der Waals surface area contributed by atoms with Crippen molar-refractivity contribution in [2.45, 2.75) is 6.54 Å². The van der Waals surface area contributed by atoms with Crippen molar-refractivity contribution in [3.05, 3.63) is 72.4 Å². The third-order valence-corrected chi connectivity index (χ3v) is 3.31. The van der Waals surface area contributed by atoms with Gasteiger partial charge in [-0.2, -0.15) is 0 Å². The van der Waals surface area contributed by atoms with Crippen molar-refractivity contribution in [1.29, 1.82) is 0 Å². The number of pyridine rings is 1. The zero-order chi connectivity index (χ0) is 14.3. The largest absolute Gasteiger partial charge is 0.492 e. The Morgan fingerprint density at radius 3 is 2.71 bits per heavy atom. The molecular formula is C18H18N2O. The van der Waals surface area contributed by atoms with Gasteiger partial charge >= 0.3 is 0 Å². The molecule has 3 rings (SSSR count). The molecule has 0 unspecified atom stereocenters. The van der Waals surface area contributed by atoms with E-state index in [-0.39, 0.29) is 0 Å². The first-order chi connectivity index (χ1) is 10.4. The van der Waals surface area contributed by atoms with Gasteiger partial charge in [-0.3, -0.25) is 4.98 Å². The molecule has 1 heterocycles. The number of benzene rings is 2. The minimum absolute atomic E-state index is 0.640. The average molecular weight is 278 g/mol. The Bertz CT molecular complexity index is 692. The quantitative estimate of drug-likeness (QED) is 0.702. The summed E-state index contributed by atoms with van der Waals surface area (Å²) in [6, 6.07) is 20.3. The molecule has 1 N–H and O–H groups in total. The highest BCUT2D eigenvalue weighted by Crippen LogP contribution is 2.23. The van der Waals surface area contributed by atoms with E-state index in [4.69, 9.17) is 4.74 Å². The fraction of sp³-hybridized carbons (Fsp3) is 0.167. The number of rotatable bonds is 6. The summed E-state index contributed by atoms with van der Waals surface area (Å²) in [6.45, 7) is 2.31. The Morgan fingerprint density at radius 2 is 1.81 bits per heavy atom. The van der Waals surface area contributed by atoms with Crippen LogP contribution < -0.4 is 10.1 Å². The maximum Gasteiger partial charge on any atom is 0.128 e. The molecule has 0 bridgehead atoms. The molecule has 0 aliphatic carbocycles. The molecule has 0 fully saturated rings. The van der Waals surface area contributed by atoms with Crippen molar-refractivity contribution >= 4 is 10.9 Å². The van der Waals surface area contributed by atoms with Gasteiger partial charge in [0.05, 0.1) is 5.52 Å². The van der Waals surface area contributed by atoms with E-state index in [9.17, 15) is 0 Å². The monoisotopic (exact) mass is 278 g/mol. The van der Waals surface area contributed by atoms with Crippen LogP contribution in [0, 0.1) is 0 Å². The number of hydrogen-bond acceptors (Lipinski definition) is 3. The summed E-state index contributed by atoms with van der Waals surface area (Å²) in [5.41, 5.74) is 2.25. The third kappa shape index (κ3) is 3.58. The van der Waals surface area contributed by atoms with Crippen molar-refractivity contribution in [1.82, 2.24) is 10.3 Å². The standard InChI is InChI=1S/C18H18N2O/c1-2-6-15(7-3-1)14-19-12-13-21-18-10-4-9-17-16(18)8-5-11-20-17/h1-11,19H,12-14H2. The number of ether oxygens (including phenoxy) is 1. The maximum absolute atomic E-state index is 5.85. The normalized spacial score (nSPS) is 10.7. The molecule has 3 heteroatoms. The zero-order valence-electron chi connectivity index (χ0n) is 11.8. The molecule has 0 saturated heterocycles. The first kappa shape index (κ1) is 13.6. The SMILES string of the molecule is c1ccc(CNCCOc2cccc3ncccc23)cc1. The van der Waals surface area contributed by atoms with Crippen LogP contribution in [0.1, 0.15) is 5.56 Å². The molecule has 0 amide bonds. The summed E-state index contributed by atoms with van der Waals surface area (Å²) in [7, 11) is 0. The molecule has 0 radical (unpaired) electrons. The van der Waals surface area contributed by atoms with Gasteiger partial charge in [-0.1, -0.05) is 36.4 Å². The highest BCUT2D eigenvalue weighted by molar-refractivity contribution is 5.84. The van der Waals surface area contributed by atoms with Gasteiger partial charge in [0.25, 0.3) is 0 Å². The molecule has 2 aromatic carbocycles. The van der Waals surface area contributed by atoms with Crippen LogP contribution in [0.2, 0.25) is 0 Å².